The molecule has 130 valence electrons. The average Bonchev–Trinajstić information content (AvgIpc) is 3.14. The SMILES string of the molecule is Nc1nc2cc(-c3ccc(Oc4ccccc4)cc3)nn2c2ccccc12. The van der Waals surface area contributed by atoms with E-state index in [0.717, 1.165) is 39.3 Å². The zero-order valence-corrected chi connectivity index (χ0v) is 14.4. The van der Waals surface area contributed by atoms with Gasteiger partial charge in [0.15, 0.2) is 5.65 Å². The lowest BCUT2D eigenvalue weighted by molar-refractivity contribution is 0.483. The number of aromatic nitrogens is 3. The molecule has 0 bridgehead atoms. The molecule has 0 spiro atoms. The largest absolute Gasteiger partial charge is 0.457 e. The molecular weight excluding hydrogens is 336 g/mol. The Morgan fingerprint density at radius 3 is 2.30 bits per heavy atom. The first-order valence-electron chi connectivity index (χ1n) is 8.65. The second kappa shape index (κ2) is 6.14. The minimum absolute atomic E-state index is 0.510. The Hall–Kier alpha value is -3.86. The van der Waals surface area contributed by atoms with E-state index in [1.807, 2.05) is 89.4 Å². The number of anilines is 1. The number of para-hydroxylation sites is 2. The van der Waals surface area contributed by atoms with Crippen LogP contribution in [0.1, 0.15) is 0 Å². The fourth-order valence-electron chi connectivity index (χ4n) is 3.15. The molecule has 0 radical (unpaired) electrons. The molecule has 0 atom stereocenters. The summed E-state index contributed by atoms with van der Waals surface area (Å²) in [4.78, 5) is 4.48. The van der Waals surface area contributed by atoms with Gasteiger partial charge in [0, 0.05) is 17.0 Å². The number of hydrogen-bond acceptors (Lipinski definition) is 4. The second-order valence-corrected chi connectivity index (χ2v) is 6.25. The van der Waals surface area contributed by atoms with Crippen molar-refractivity contribution < 1.29 is 4.74 Å². The number of nitrogens with two attached hydrogens (primary N) is 1. The van der Waals surface area contributed by atoms with Crippen molar-refractivity contribution in [2.45, 2.75) is 0 Å². The van der Waals surface area contributed by atoms with E-state index in [2.05, 4.69) is 4.98 Å². The van der Waals surface area contributed by atoms with Gasteiger partial charge in [-0.2, -0.15) is 5.10 Å². The number of benzene rings is 3. The Kier molecular flexibility index (Phi) is 3.50. The van der Waals surface area contributed by atoms with E-state index in [1.54, 1.807) is 0 Å². The monoisotopic (exact) mass is 352 g/mol. The van der Waals surface area contributed by atoms with Crippen LogP contribution in [-0.4, -0.2) is 14.6 Å². The van der Waals surface area contributed by atoms with Gasteiger partial charge in [-0.3, -0.25) is 0 Å². The number of fused-ring (bicyclic) bond motifs is 3. The summed E-state index contributed by atoms with van der Waals surface area (Å²) in [6.07, 6.45) is 0. The van der Waals surface area contributed by atoms with Crippen molar-refractivity contribution in [2.24, 2.45) is 0 Å². The van der Waals surface area contributed by atoms with Crippen LogP contribution in [0, 0.1) is 0 Å². The van der Waals surface area contributed by atoms with Gasteiger partial charge in [-0.25, -0.2) is 9.50 Å². The number of rotatable bonds is 3. The third kappa shape index (κ3) is 2.75. The maximum absolute atomic E-state index is 6.09. The van der Waals surface area contributed by atoms with Crippen molar-refractivity contribution in [2.75, 3.05) is 5.73 Å². The van der Waals surface area contributed by atoms with Gasteiger partial charge in [0.1, 0.15) is 17.3 Å². The van der Waals surface area contributed by atoms with E-state index >= 15 is 0 Å². The fourth-order valence-corrected chi connectivity index (χ4v) is 3.15. The summed E-state index contributed by atoms with van der Waals surface area (Å²) < 4.78 is 7.68. The molecule has 0 saturated heterocycles. The van der Waals surface area contributed by atoms with Crippen LogP contribution in [0.3, 0.4) is 0 Å². The first kappa shape index (κ1) is 15.4. The predicted molar refractivity (Wildman–Crippen MR) is 107 cm³/mol. The summed E-state index contributed by atoms with van der Waals surface area (Å²) >= 11 is 0. The molecule has 27 heavy (non-hydrogen) atoms. The second-order valence-electron chi connectivity index (χ2n) is 6.25. The van der Waals surface area contributed by atoms with Crippen LogP contribution in [0.15, 0.2) is 84.9 Å². The van der Waals surface area contributed by atoms with E-state index in [0.29, 0.717) is 5.82 Å². The third-order valence-corrected chi connectivity index (χ3v) is 4.46. The molecular formula is C22H16N4O. The Balaban J connectivity index is 1.53. The van der Waals surface area contributed by atoms with Crippen LogP contribution in [0.2, 0.25) is 0 Å². The fraction of sp³-hybridized carbons (Fsp3) is 0. The highest BCUT2D eigenvalue weighted by Crippen LogP contribution is 2.27. The lowest BCUT2D eigenvalue weighted by Gasteiger charge is -2.05. The van der Waals surface area contributed by atoms with Gasteiger partial charge in [0.25, 0.3) is 0 Å². The Labute approximate surface area is 155 Å². The first-order valence-corrected chi connectivity index (χ1v) is 8.65. The zero-order chi connectivity index (χ0) is 18.2. The molecule has 0 unspecified atom stereocenters. The molecule has 2 aromatic heterocycles. The number of ether oxygens (including phenoxy) is 1. The summed E-state index contributed by atoms with van der Waals surface area (Å²) in [7, 11) is 0. The maximum Gasteiger partial charge on any atom is 0.158 e. The van der Waals surface area contributed by atoms with E-state index < -0.39 is 0 Å². The van der Waals surface area contributed by atoms with Gasteiger partial charge in [-0.15, -0.1) is 0 Å². The number of nitrogens with zero attached hydrogens (tertiary/aromatic N) is 3. The number of hydrogen-bond donors (Lipinski definition) is 1. The van der Waals surface area contributed by atoms with E-state index in [1.165, 1.54) is 0 Å². The van der Waals surface area contributed by atoms with Crippen molar-refractivity contribution in [3.63, 3.8) is 0 Å². The van der Waals surface area contributed by atoms with Gasteiger partial charge >= 0.3 is 0 Å². The molecule has 0 aliphatic heterocycles. The lowest BCUT2D eigenvalue weighted by Crippen LogP contribution is -1.98. The quantitative estimate of drug-likeness (QED) is 0.500. The molecule has 2 N–H and O–H groups in total. The molecule has 2 heterocycles. The molecule has 0 fully saturated rings. The third-order valence-electron chi connectivity index (χ3n) is 4.46. The summed E-state index contributed by atoms with van der Waals surface area (Å²) in [6, 6.07) is 27.4. The van der Waals surface area contributed by atoms with Crippen LogP contribution in [0.4, 0.5) is 5.82 Å². The van der Waals surface area contributed by atoms with Crippen LogP contribution < -0.4 is 10.5 Å². The topological polar surface area (TPSA) is 65.4 Å². The molecule has 5 aromatic rings. The van der Waals surface area contributed by atoms with Gasteiger partial charge in [-0.1, -0.05) is 30.3 Å². The molecule has 0 aliphatic rings. The van der Waals surface area contributed by atoms with E-state index in [9.17, 15) is 0 Å². The summed E-state index contributed by atoms with van der Waals surface area (Å²) in [5.41, 5.74) is 9.59. The molecule has 5 rings (SSSR count). The molecule has 5 heteroatoms. The highest BCUT2D eigenvalue weighted by molar-refractivity contribution is 5.90. The normalized spacial score (nSPS) is 11.1. The van der Waals surface area contributed by atoms with Gasteiger partial charge in [0.05, 0.1) is 11.2 Å². The highest BCUT2D eigenvalue weighted by Gasteiger charge is 2.10. The standard InChI is InChI=1S/C22H16N4O/c23-22-18-8-4-5-9-20(18)26-21(24-22)14-19(25-26)15-10-12-17(13-11-15)27-16-6-2-1-3-7-16/h1-14H,(H2,23,24). The predicted octanol–water partition coefficient (Wildman–Crippen LogP) is 4.92. The summed E-state index contributed by atoms with van der Waals surface area (Å²) in [5, 5.41) is 5.62. The average molecular weight is 352 g/mol. The lowest BCUT2D eigenvalue weighted by atomic mass is 10.1. The van der Waals surface area contributed by atoms with Gasteiger partial charge < -0.3 is 10.5 Å². The highest BCUT2D eigenvalue weighted by atomic mass is 16.5. The molecule has 0 saturated carbocycles. The summed E-state index contributed by atoms with van der Waals surface area (Å²) in [5.74, 6) is 2.10. The minimum atomic E-state index is 0.510. The van der Waals surface area contributed by atoms with Crippen molar-refractivity contribution in [3.8, 4) is 22.8 Å². The van der Waals surface area contributed by atoms with E-state index in [-0.39, 0.29) is 0 Å². The summed E-state index contributed by atoms with van der Waals surface area (Å²) in [6.45, 7) is 0. The smallest absolute Gasteiger partial charge is 0.158 e. The van der Waals surface area contributed by atoms with Crippen molar-refractivity contribution in [1.29, 1.82) is 0 Å². The minimum Gasteiger partial charge on any atom is -0.457 e. The van der Waals surface area contributed by atoms with Gasteiger partial charge in [-0.05, 0) is 48.5 Å². The maximum atomic E-state index is 6.09. The Morgan fingerprint density at radius 1 is 0.778 bits per heavy atom. The van der Waals surface area contributed by atoms with Gasteiger partial charge in [0.2, 0.25) is 0 Å². The van der Waals surface area contributed by atoms with E-state index in [4.69, 9.17) is 15.6 Å². The van der Waals surface area contributed by atoms with Crippen molar-refractivity contribution in [3.05, 3.63) is 84.9 Å². The van der Waals surface area contributed by atoms with Crippen LogP contribution >= 0.6 is 0 Å². The molecule has 0 amide bonds. The van der Waals surface area contributed by atoms with Crippen LogP contribution in [-0.2, 0) is 0 Å². The van der Waals surface area contributed by atoms with Crippen LogP contribution in [0.25, 0.3) is 27.8 Å². The van der Waals surface area contributed by atoms with Crippen molar-refractivity contribution in [1.82, 2.24) is 14.6 Å². The molecule has 0 aliphatic carbocycles. The number of nitrogen functional groups attached to an aromatic ring is 1. The van der Waals surface area contributed by atoms with Crippen molar-refractivity contribution >= 4 is 22.4 Å². The molecule has 3 aromatic carbocycles. The first-order chi connectivity index (χ1) is 13.3. The molecule has 5 nitrogen and oxygen atoms in total. The zero-order valence-electron chi connectivity index (χ0n) is 14.4. The van der Waals surface area contributed by atoms with Crippen LogP contribution in [0.5, 0.6) is 11.5 Å². The Bertz CT molecular complexity index is 1240. The Morgan fingerprint density at radius 2 is 1.48 bits per heavy atom.